The van der Waals surface area contributed by atoms with Crippen molar-refractivity contribution < 1.29 is 4.42 Å². The minimum absolute atomic E-state index is 0.314. The zero-order chi connectivity index (χ0) is 6.97. The molecule has 4 heteroatoms. The Kier molecular flexibility index (Phi) is 1.07. The van der Waals surface area contributed by atoms with Crippen LogP contribution in [-0.2, 0) is 0 Å². The van der Waals surface area contributed by atoms with Crippen LogP contribution < -0.4 is 5.63 Å². The lowest BCUT2D eigenvalue weighted by Crippen LogP contribution is -1.96. The summed E-state index contributed by atoms with van der Waals surface area (Å²) in [5.41, 5.74) is -0.314. The van der Waals surface area contributed by atoms with E-state index in [4.69, 9.17) is 0 Å². The molecule has 2 aromatic heterocycles. The van der Waals surface area contributed by atoms with Gasteiger partial charge in [0.05, 0.1) is 5.39 Å². The second-order valence-corrected chi connectivity index (χ2v) is 2.67. The maximum absolute atomic E-state index is 10.8. The molecule has 3 nitrogen and oxygen atoms in total. The van der Waals surface area contributed by atoms with E-state index in [0.717, 1.165) is 4.83 Å². The van der Waals surface area contributed by atoms with Gasteiger partial charge in [-0.1, -0.05) is 0 Å². The molecule has 10 heavy (non-hydrogen) atoms. The van der Waals surface area contributed by atoms with Crippen molar-refractivity contribution in [1.82, 2.24) is 4.98 Å². The van der Waals surface area contributed by atoms with Crippen molar-refractivity contribution in [2.24, 2.45) is 0 Å². The second kappa shape index (κ2) is 1.91. The Labute approximate surface area is 59.9 Å². The highest BCUT2D eigenvalue weighted by atomic mass is 32.1. The number of hydrogen-bond acceptors (Lipinski definition) is 4. The van der Waals surface area contributed by atoms with Crippen molar-refractivity contribution in [3.63, 3.8) is 0 Å². The summed E-state index contributed by atoms with van der Waals surface area (Å²) in [5.74, 6) is 0. The summed E-state index contributed by atoms with van der Waals surface area (Å²) in [6, 6.07) is 1.71. The Hall–Kier alpha value is -1.16. The van der Waals surface area contributed by atoms with Crippen molar-refractivity contribution in [3.8, 4) is 0 Å². The third-order valence-corrected chi connectivity index (χ3v) is 2.02. The van der Waals surface area contributed by atoms with Crippen molar-refractivity contribution in [3.05, 3.63) is 28.3 Å². The van der Waals surface area contributed by atoms with E-state index in [1.807, 2.05) is 5.38 Å². The average molecular weight is 153 g/mol. The highest BCUT2D eigenvalue weighted by Crippen LogP contribution is 2.12. The summed E-state index contributed by atoms with van der Waals surface area (Å²) in [7, 11) is 0. The maximum atomic E-state index is 10.8. The molecular weight excluding hydrogens is 150 g/mol. The van der Waals surface area contributed by atoms with Gasteiger partial charge in [0.1, 0.15) is 4.83 Å². The fourth-order valence-corrected chi connectivity index (χ4v) is 1.46. The lowest BCUT2D eigenvalue weighted by molar-refractivity contribution is 0.502. The molecular formula is C6H3NO2S. The Morgan fingerprint density at radius 2 is 2.50 bits per heavy atom. The normalized spacial score (nSPS) is 10.4. The summed E-state index contributed by atoms with van der Waals surface area (Å²) in [6.07, 6.45) is 1.17. The molecule has 50 valence electrons. The molecule has 0 aliphatic heterocycles. The average Bonchev–Trinajstić information content (AvgIpc) is 2.36. The highest BCUT2D eigenvalue weighted by Gasteiger charge is 1.98. The zero-order valence-electron chi connectivity index (χ0n) is 4.90. The van der Waals surface area contributed by atoms with E-state index in [1.54, 1.807) is 6.07 Å². The van der Waals surface area contributed by atoms with Crippen LogP contribution in [0, 0.1) is 0 Å². The van der Waals surface area contributed by atoms with Crippen molar-refractivity contribution in [2.75, 3.05) is 0 Å². The monoisotopic (exact) mass is 153 g/mol. The van der Waals surface area contributed by atoms with E-state index in [0.29, 0.717) is 5.39 Å². The molecule has 0 saturated heterocycles. The zero-order valence-corrected chi connectivity index (χ0v) is 5.72. The fourth-order valence-electron chi connectivity index (χ4n) is 0.742. The van der Waals surface area contributed by atoms with Crippen LogP contribution in [0.15, 0.2) is 27.1 Å². The molecule has 0 atom stereocenters. The Morgan fingerprint density at radius 3 is 3.30 bits per heavy atom. The topological polar surface area (TPSA) is 43.1 Å². The van der Waals surface area contributed by atoms with E-state index in [-0.39, 0.29) is 5.63 Å². The van der Waals surface area contributed by atoms with Gasteiger partial charge in [-0.3, -0.25) is 0 Å². The van der Waals surface area contributed by atoms with Gasteiger partial charge in [-0.25, -0.2) is 9.78 Å². The fraction of sp³-hybridized carbons (Fsp3) is 0. The van der Waals surface area contributed by atoms with Crippen molar-refractivity contribution >= 4 is 21.6 Å². The van der Waals surface area contributed by atoms with E-state index < -0.39 is 0 Å². The lowest BCUT2D eigenvalue weighted by Gasteiger charge is -1.81. The van der Waals surface area contributed by atoms with Gasteiger partial charge in [-0.2, -0.15) is 0 Å². The lowest BCUT2D eigenvalue weighted by atomic mass is 10.4. The Morgan fingerprint density at radius 1 is 1.60 bits per heavy atom. The standard InChI is InChI=1S/C6H3NO2S/c8-6-4-1-2-10-5(4)7-3-9-6/h1-3H. The number of rotatable bonds is 0. The van der Waals surface area contributed by atoms with Gasteiger partial charge in [0.15, 0.2) is 6.39 Å². The van der Waals surface area contributed by atoms with E-state index in [1.165, 1.54) is 17.7 Å². The van der Waals surface area contributed by atoms with Gasteiger partial charge in [-0.15, -0.1) is 11.3 Å². The second-order valence-electron chi connectivity index (χ2n) is 1.78. The van der Waals surface area contributed by atoms with Crippen molar-refractivity contribution in [1.29, 1.82) is 0 Å². The molecule has 2 heterocycles. The predicted octanol–water partition coefficient (Wildman–Crippen LogP) is 1.25. The first kappa shape index (κ1) is 5.61. The SMILES string of the molecule is O=c1ocnc2sccc12. The van der Waals surface area contributed by atoms with Gasteiger partial charge in [-0.05, 0) is 11.4 Å². The van der Waals surface area contributed by atoms with Crippen LogP contribution >= 0.6 is 11.3 Å². The first-order valence-electron chi connectivity index (χ1n) is 2.69. The molecule has 0 fully saturated rings. The molecule has 2 rings (SSSR count). The highest BCUT2D eigenvalue weighted by molar-refractivity contribution is 7.16. The number of aromatic nitrogens is 1. The number of thiophene rings is 1. The van der Waals surface area contributed by atoms with E-state index >= 15 is 0 Å². The predicted molar refractivity (Wildman–Crippen MR) is 38.2 cm³/mol. The Bertz CT molecular complexity index is 403. The van der Waals surface area contributed by atoms with Crippen molar-refractivity contribution in [2.45, 2.75) is 0 Å². The smallest absolute Gasteiger partial charge is 0.347 e. The van der Waals surface area contributed by atoms with Gasteiger partial charge in [0.2, 0.25) is 0 Å². The molecule has 0 radical (unpaired) electrons. The molecule has 0 spiro atoms. The molecule has 0 saturated carbocycles. The maximum Gasteiger partial charge on any atom is 0.347 e. The number of fused-ring (bicyclic) bond motifs is 1. The van der Waals surface area contributed by atoms with Gasteiger partial charge in [0.25, 0.3) is 0 Å². The quantitative estimate of drug-likeness (QED) is 0.572. The molecule has 0 aromatic carbocycles. The van der Waals surface area contributed by atoms with Gasteiger partial charge >= 0.3 is 5.63 Å². The van der Waals surface area contributed by atoms with Crippen LogP contribution in [0.3, 0.4) is 0 Å². The third kappa shape index (κ3) is 0.657. The Balaban J connectivity index is 3.09. The van der Waals surface area contributed by atoms with Crippen LogP contribution in [0.1, 0.15) is 0 Å². The molecule has 0 unspecified atom stereocenters. The molecule has 0 bridgehead atoms. The number of hydrogen-bond donors (Lipinski definition) is 0. The summed E-state index contributed by atoms with van der Waals surface area (Å²) in [6.45, 7) is 0. The first-order chi connectivity index (χ1) is 4.88. The van der Waals surface area contributed by atoms with E-state index in [2.05, 4.69) is 9.40 Å². The summed E-state index contributed by atoms with van der Waals surface area (Å²) < 4.78 is 4.54. The van der Waals surface area contributed by atoms with Crippen LogP contribution in [-0.4, -0.2) is 4.98 Å². The summed E-state index contributed by atoms with van der Waals surface area (Å²) >= 11 is 1.43. The molecule has 2 aromatic rings. The van der Waals surface area contributed by atoms with Gasteiger partial charge < -0.3 is 4.42 Å². The van der Waals surface area contributed by atoms with Crippen LogP contribution in [0.25, 0.3) is 10.2 Å². The molecule has 0 aliphatic carbocycles. The van der Waals surface area contributed by atoms with Gasteiger partial charge in [0, 0.05) is 0 Å². The number of nitrogens with zero attached hydrogens (tertiary/aromatic N) is 1. The van der Waals surface area contributed by atoms with Crippen LogP contribution in [0.5, 0.6) is 0 Å². The largest absolute Gasteiger partial charge is 0.411 e. The van der Waals surface area contributed by atoms with E-state index in [9.17, 15) is 4.79 Å². The summed E-state index contributed by atoms with van der Waals surface area (Å²) in [5, 5.41) is 2.38. The minimum Gasteiger partial charge on any atom is -0.411 e. The van der Waals surface area contributed by atoms with Crippen LogP contribution in [0.2, 0.25) is 0 Å². The molecule has 0 amide bonds. The van der Waals surface area contributed by atoms with Crippen LogP contribution in [0.4, 0.5) is 0 Å². The summed E-state index contributed by atoms with van der Waals surface area (Å²) in [4.78, 5) is 15.4. The molecule has 0 N–H and O–H groups in total. The minimum atomic E-state index is -0.314. The first-order valence-corrected chi connectivity index (χ1v) is 3.57. The molecule has 0 aliphatic rings. The third-order valence-electron chi connectivity index (χ3n) is 1.19.